The van der Waals surface area contributed by atoms with Crippen molar-refractivity contribution in [3.05, 3.63) is 59.7 Å². The fourth-order valence-electron chi connectivity index (χ4n) is 2.44. The molecule has 0 radical (unpaired) electrons. The molecule has 0 saturated carbocycles. The molecule has 0 aliphatic carbocycles. The van der Waals surface area contributed by atoms with Crippen LogP contribution in [-0.4, -0.2) is 40.9 Å². The lowest BCUT2D eigenvalue weighted by molar-refractivity contribution is -0.274. The third kappa shape index (κ3) is 9.31. The Bertz CT molecular complexity index is 968. The number of ether oxygens (including phenoxy) is 1. The lowest BCUT2D eigenvalue weighted by Gasteiger charge is -2.15. The Hall–Kier alpha value is -2.06. The molecule has 0 aliphatic rings. The maximum atomic E-state index is 12.5. The number of hydrogen-bond donors (Lipinski definition) is 3. The molecular formula is C19H24F3IN4O3S. The standard InChI is InChI=1S/C19H23F3N4O3S.HI/c1-14-7-9-16(10-8-14)30(27,28)26-12-11-24-18(23-2)25-13-15-5-3-4-6-17(15)29-19(20,21)22;/h3-10,26H,11-13H2,1-2H3,(H2,23,24,25);1H. The number of aryl methyl sites for hydroxylation is 1. The molecule has 3 N–H and O–H groups in total. The second-order valence-electron chi connectivity index (χ2n) is 6.22. The van der Waals surface area contributed by atoms with Crippen LogP contribution >= 0.6 is 24.0 Å². The number of alkyl halides is 3. The molecule has 31 heavy (non-hydrogen) atoms. The van der Waals surface area contributed by atoms with Crippen molar-refractivity contribution in [3.63, 3.8) is 0 Å². The summed E-state index contributed by atoms with van der Waals surface area (Å²) in [6.07, 6.45) is -4.79. The molecular weight excluding hydrogens is 548 g/mol. The van der Waals surface area contributed by atoms with Crippen LogP contribution in [0.3, 0.4) is 0 Å². The van der Waals surface area contributed by atoms with Gasteiger partial charge in [0.25, 0.3) is 0 Å². The first-order chi connectivity index (χ1) is 14.1. The Labute approximate surface area is 196 Å². The van der Waals surface area contributed by atoms with Gasteiger partial charge in [-0.1, -0.05) is 35.9 Å². The SMILES string of the molecule is CN=C(NCCNS(=O)(=O)c1ccc(C)cc1)NCc1ccccc1OC(F)(F)F.I. The number of aliphatic imine (C=N–C) groups is 1. The highest BCUT2D eigenvalue weighted by molar-refractivity contribution is 14.0. The molecule has 7 nitrogen and oxygen atoms in total. The molecule has 0 heterocycles. The van der Waals surface area contributed by atoms with E-state index >= 15 is 0 Å². The van der Waals surface area contributed by atoms with E-state index in [1.807, 2.05) is 6.92 Å². The fourth-order valence-corrected chi connectivity index (χ4v) is 3.47. The first-order valence-electron chi connectivity index (χ1n) is 8.95. The Morgan fingerprint density at radius 1 is 1.03 bits per heavy atom. The van der Waals surface area contributed by atoms with E-state index in [1.165, 1.54) is 37.4 Å². The largest absolute Gasteiger partial charge is 0.573 e. The van der Waals surface area contributed by atoms with Gasteiger partial charge in [0.1, 0.15) is 5.75 Å². The van der Waals surface area contributed by atoms with Crippen LogP contribution in [0.25, 0.3) is 0 Å². The molecule has 0 fully saturated rings. The van der Waals surface area contributed by atoms with Crippen molar-refractivity contribution in [2.75, 3.05) is 20.1 Å². The maximum absolute atomic E-state index is 12.5. The van der Waals surface area contributed by atoms with E-state index in [0.717, 1.165) is 5.56 Å². The summed E-state index contributed by atoms with van der Waals surface area (Å²) in [5, 5.41) is 5.75. The quantitative estimate of drug-likeness (QED) is 0.196. The summed E-state index contributed by atoms with van der Waals surface area (Å²) in [4.78, 5) is 4.13. The van der Waals surface area contributed by atoms with Crippen molar-refractivity contribution < 1.29 is 26.3 Å². The van der Waals surface area contributed by atoms with Gasteiger partial charge in [-0.05, 0) is 25.1 Å². The third-order valence-corrected chi connectivity index (χ3v) is 5.39. The van der Waals surface area contributed by atoms with Crippen LogP contribution in [0.2, 0.25) is 0 Å². The van der Waals surface area contributed by atoms with E-state index in [0.29, 0.717) is 5.96 Å². The van der Waals surface area contributed by atoms with E-state index in [9.17, 15) is 21.6 Å². The van der Waals surface area contributed by atoms with E-state index in [-0.39, 0.29) is 59.8 Å². The van der Waals surface area contributed by atoms with Crippen LogP contribution in [0.4, 0.5) is 13.2 Å². The number of nitrogens with zero attached hydrogens (tertiary/aromatic N) is 1. The average molecular weight is 572 g/mol. The smallest absolute Gasteiger partial charge is 0.405 e. The van der Waals surface area contributed by atoms with Crippen LogP contribution in [-0.2, 0) is 16.6 Å². The van der Waals surface area contributed by atoms with E-state index in [1.54, 1.807) is 18.2 Å². The van der Waals surface area contributed by atoms with Gasteiger partial charge in [-0.3, -0.25) is 4.99 Å². The number of halogens is 4. The van der Waals surface area contributed by atoms with Crippen molar-refractivity contribution in [1.82, 2.24) is 15.4 Å². The third-order valence-electron chi connectivity index (χ3n) is 3.91. The Morgan fingerprint density at radius 3 is 2.29 bits per heavy atom. The van der Waals surface area contributed by atoms with Crippen LogP contribution < -0.4 is 20.1 Å². The number of guanidine groups is 1. The van der Waals surface area contributed by atoms with Gasteiger partial charge >= 0.3 is 6.36 Å². The summed E-state index contributed by atoms with van der Waals surface area (Å²) in [6.45, 7) is 2.19. The van der Waals surface area contributed by atoms with Crippen LogP contribution in [0.5, 0.6) is 5.75 Å². The zero-order valence-corrected chi connectivity index (χ0v) is 20.0. The lowest BCUT2D eigenvalue weighted by atomic mass is 10.2. The van der Waals surface area contributed by atoms with Gasteiger partial charge in [-0.2, -0.15) is 0 Å². The van der Waals surface area contributed by atoms with Crippen molar-refractivity contribution in [1.29, 1.82) is 0 Å². The summed E-state index contributed by atoms with van der Waals surface area (Å²) in [7, 11) is -2.14. The molecule has 2 aromatic rings. The summed E-state index contributed by atoms with van der Waals surface area (Å²) in [6, 6.07) is 12.2. The highest BCUT2D eigenvalue weighted by atomic mass is 127. The maximum Gasteiger partial charge on any atom is 0.573 e. The number of rotatable bonds is 8. The molecule has 2 aromatic carbocycles. The molecule has 0 aliphatic heterocycles. The second-order valence-corrected chi connectivity index (χ2v) is 7.99. The van der Waals surface area contributed by atoms with Crippen molar-refractivity contribution in [2.24, 2.45) is 4.99 Å². The number of hydrogen-bond acceptors (Lipinski definition) is 4. The van der Waals surface area contributed by atoms with Gasteiger partial charge in [0.15, 0.2) is 5.96 Å². The molecule has 0 atom stereocenters. The number of nitrogens with one attached hydrogen (secondary N) is 3. The predicted molar refractivity (Wildman–Crippen MR) is 123 cm³/mol. The van der Waals surface area contributed by atoms with Gasteiger partial charge in [0.05, 0.1) is 4.90 Å². The van der Waals surface area contributed by atoms with Gasteiger partial charge in [-0.15, -0.1) is 37.1 Å². The van der Waals surface area contributed by atoms with Crippen molar-refractivity contribution >= 4 is 40.0 Å². The lowest BCUT2D eigenvalue weighted by Crippen LogP contribution is -2.41. The van der Waals surface area contributed by atoms with Crippen molar-refractivity contribution in [3.8, 4) is 5.75 Å². The Balaban J connectivity index is 0.00000480. The highest BCUT2D eigenvalue weighted by Crippen LogP contribution is 2.26. The van der Waals surface area contributed by atoms with Crippen molar-refractivity contribution in [2.45, 2.75) is 24.7 Å². The number of sulfonamides is 1. The first-order valence-corrected chi connectivity index (χ1v) is 10.4. The minimum Gasteiger partial charge on any atom is -0.405 e. The predicted octanol–water partition coefficient (Wildman–Crippen LogP) is 3.16. The molecule has 0 spiro atoms. The zero-order chi connectivity index (χ0) is 22.2. The summed E-state index contributed by atoms with van der Waals surface area (Å²) < 4.78 is 68.4. The number of para-hydroxylation sites is 1. The van der Waals surface area contributed by atoms with E-state index in [2.05, 4.69) is 25.1 Å². The highest BCUT2D eigenvalue weighted by Gasteiger charge is 2.31. The normalized spacial score (nSPS) is 12.1. The van der Waals surface area contributed by atoms with Gasteiger partial charge in [0.2, 0.25) is 10.0 Å². The molecule has 0 aromatic heterocycles. The average Bonchev–Trinajstić information content (AvgIpc) is 2.67. The summed E-state index contributed by atoms with van der Waals surface area (Å²) in [5.74, 6) is -0.00911. The second kappa shape index (κ2) is 12.1. The summed E-state index contributed by atoms with van der Waals surface area (Å²) in [5.41, 5.74) is 1.24. The number of benzene rings is 2. The Kier molecular flexibility index (Phi) is 10.5. The van der Waals surface area contributed by atoms with Crippen LogP contribution in [0, 0.1) is 6.92 Å². The zero-order valence-electron chi connectivity index (χ0n) is 16.9. The van der Waals surface area contributed by atoms with Crippen LogP contribution in [0.15, 0.2) is 58.4 Å². The minimum atomic E-state index is -4.79. The van der Waals surface area contributed by atoms with Crippen LogP contribution in [0.1, 0.15) is 11.1 Å². The molecule has 0 bridgehead atoms. The Morgan fingerprint density at radius 2 is 1.68 bits per heavy atom. The van der Waals surface area contributed by atoms with Gasteiger partial charge in [0, 0.05) is 32.2 Å². The molecule has 0 saturated heterocycles. The van der Waals surface area contributed by atoms with Gasteiger partial charge in [-0.25, -0.2) is 13.1 Å². The first kappa shape index (κ1) is 27.0. The topological polar surface area (TPSA) is 91.8 Å². The van der Waals surface area contributed by atoms with E-state index in [4.69, 9.17) is 0 Å². The molecule has 2 rings (SSSR count). The van der Waals surface area contributed by atoms with E-state index < -0.39 is 16.4 Å². The monoisotopic (exact) mass is 572 g/mol. The summed E-state index contributed by atoms with van der Waals surface area (Å²) >= 11 is 0. The molecule has 172 valence electrons. The molecule has 0 unspecified atom stereocenters. The molecule has 0 amide bonds. The fraction of sp³-hybridized carbons (Fsp3) is 0.316. The minimum absolute atomic E-state index is 0. The molecule has 12 heteroatoms. The van der Waals surface area contributed by atoms with Gasteiger partial charge < -0.3 is 15.4 Å².